The molecule has 3 nitrogen and oxygen atoms in total. The van der Waals surface area contributed by atoms with Gasteiger partial charge in [-0.3, -0.25) is 4.68 Å². The summed E-state index contributed by atoms with van der Waals surface area (Å²) in [6, 6.07) is 6.23. The highest BCUT2D eigenvalue weighted by Crippen LogP contribution is 2.27. The summed E-state index contributed by atoms with van der Waals surface area (Å²) in [5, 5.41) is 5.85. The van der Waals surface area contributed by atoms with Crippen LogP contribution in [-0.2, 0) is 6.54 Å². The van der Waals surface area contributed by atoms with Crippen LogP contribution in [0.1, 0.15) is 25.5 Å². The van der Waals surface area contributed by atoms with E-state index in [9.17, 15) is 0 Å². The molecule has 0 saturated heterocycles. The highest BCUT2D eigenvalue weighted by Gasteiger charge is 2.13. The summed E-state index contributed by atoms with van der Waals surface area (Å²) in [4.78, 5) is 0. The Hall–Kier alpha value is -1.06. The van der Waals surface area contributed by atoms with Gasteiger partial charge >= 0.3 is 0 Å². The zero-order chi connectivity index (χ0) is 11.0. The van der Waals surface area contributed by atoms with E-state index in [1.54, 1.807) is 0 Å². The van der Waals surface area contributed by atoms with Gasteiger partial charge in [-0.2, -0.15) is 5.10 Å². The van der Waals surface area contributed by atoms with Crippen LogP contribution in [0.2, 0.25) is 5.15 Å². The summed E-state index contributed by atoms with van der Waals surface area (Å²) in [5.74, 6) is 0. The largest absolute Gasteiger partial charge is 0.326 e. The van der Waals surface area contributed by atoms with Crippen molar-refractivity contribution in [1.29, 1.82) is 0 Å². The first-order chi connectivity index (χ1) is 7.15. The normalized spacial score (nSPS) is 11.5. The standard InChI is InChI=1S/C11H14ClN3/c1-7(2)15-10-8(6-13)4-3-5-9(10)11(12)14-15/h3-5,7H,6,13H2,1-2H3. The van der Waals surface area contributed by atoms with Crippen molar-refractivity contribution in [1.82, 2.24) is 9.78 Å². The first kappa shape index (κ1) is 10.5. The van der Waals surface area contributed by atoms with Crippen LogP contribution in [0.4, 0.5) is 0 Å². The molecule has 0 fully saturated rings. The Morgan fingerprint density at radius 1 is 1.47 bits per heavy atom. The molecule has 0 aliphatic rings. The van der Waals surface area contributed by atoms with Gasteiger partial charge in [-0.25, -0.2) is 0 Å². The second-order valence-electron chi connectivity index (χ2n) is 3.85. The van der Waals surface area contributed by atoms with Gasteiger partial charge in [-0.1, -0.05) is 23.7 Å². The molecule has 0 spiro atoms. The van der Waals surface area contributed by atoms with E-state index in [0.717, 1.165) is 16.5 Å². The fourth-order valence-corrected chi connectivity index (χ4v) is 2.00. The first-order valence-electron chi connectivity index (χ1n) is 5.00. The topological polar surface area (TPSA) is 43.8 Å². The van der Waals surface area contributed by atoms with E-state index in [-0.39, 0.29) is 6.04 Å². The van der Waals surface area contributed by atoms with Crippen molar-refractivity contribution in [2.45, 2.75) is 26.4 Å². The summed E-state index contributed by atoms with van der Waals surface area (Å²) in [6.45, 7) is 4.66. The fraction of sp³-hybridized carbons (Fsp3) is 0.364. The molecular formula is C11H14ClN3. The molecule has 15 heavy (non-hydrogen) atoms. The Labute approximate surface area is 93.8 Å². The lowest BCUT2D eigenvalue weighted by atomic mass is 10.1. The maximum atomic E-state index is 6.08. The van der Waals surface area contributed by atoms with Gasteiger partial charge in [0.25, 0.3) is 0 Å². The van der Waals surface area contributed by atoms with Crippen molar-refractivity contribution in [3.8, 4) is 0 Å². The molecule has 2 aromatic rings. The van der Waals surface area contributed by atoms with Crippen molar-refractivity contribution in [3.05, 3.63) is 28.9 Å². The summed E-state index contributed by atoms with van der Waals surface area (Å²) < 4.78 is 1.93. The molecule has 1 heterocycles. The molecule has 4 heteroatoms. The molecule has 0 aliphatic heterocycles. The lowest BCUT2D eigenvalue weighted by molar-refractivity contribution is 0.549. The van der Waals surface area contributed by atoms with Gasteiger partial charge in [-0.05, 0) is 25.5 Å². The van der Waals surface area contributed by atoms with Crippen LogP contribution >= 0.6 is 11.6 Å². The third kappa shape index (κ3) is 1.62. The van der Waals surface area contributed by atoms with E-state index in [4.69, 9.17) is 17.3 Å². The molecular weight excluding hydrogens is 210 g/mol. The van der Waals surface area contributed by atoms with Gasteiger partial charge in [0.1, 0.15) is 0 Å². The van der Waals surface area contributed by atoms with Gasteiger partial charge in [0, 0.05) is 18.0 Å². The molecule has 1 aromatic heterocycles. The smallest absolute Gasteiger partial charge is 0.158 e. The van der Waals surface area contributed by atoms with Crippen LogP contribution in [-0.4, -0.2) is 9.78 Å². The Balaban J connectivity index is 2.82. The number of hydrogen-bond donors (Lipinski definition) is 1. The number of halogens is 1. The Bertz CT molecular complexity index is 488. The molecule has 0 aliphatic carbocycles. The lowest BCUT2D eigenvalue weighted by Crippen LogP contribution is -2.06. The van der Waals surface area contributed by atoms with Crippen molar-refractivity contribution in [2.24, 2.45) is 5.73 Å². The zero-order valence-corrected chi connectivity index (χ0v) is 9.62. The minimum Gasteiger partial charge on any atom is -0.326 e. The number of aromatic nitrogens is 2. The monoisotopic (exact) mass is 223 g/mol. The van der Waals surface area contributed by atoms with Crippen molar-refractivity contribution in [3.63, 3.8) is 0 Å². The van der Waals surface area contributed by atoms with Crippen LogP contribution in [0.5, 0.6) is 0 Å². The molecule has 2 rings (SSSR count). The molecule has 0 unspecified atom stereocenters. The zero-order valence-electron chi connectivity index (χ0n) is 8.87. The second kappa shape index (κ2) is 3.83. The maximum Gasteiger partial charge on any atom is 0.158 e. The van der Waals surface area contributed by atoms with Gasteiger partial charge in [0.15, 0.2) is 5.15 Å². The summed E-state index contributed by atoms with van der Waals surface area (Å²) >= 11 is 6.08. The van der Waals surface area contributed by atoms with E-state index < -0.39 is 0 Å². The number of para-hydroxylation sites is 1. The van der Waals surface area contributed by atoms with Crippen molar-refractivity contribution < 1.29 is 0 Å². The van der Waals surface area contributed by atoms with Gasteiger partial charge in [0.05, 0.1) is 5.52 Å². The third-order valence-electron chi connectivity index (χ3n) is 2.48. The van der Waals surface area contributed by atoms with Crippen LogP contribution < -0.4 is 5.73 Å². The summed E-state index contributed by atoms with van der Waals surface area (Å²) in [5.41, 5.74) is 7.85. The lowest BCUT2D eigenvalue weighted by Gasteiger charge is -2.09. The number of nitrogens with two attached hydrogens (primary N) is 1. The summed E-state index contributed by atoms with van der Waals surface area (Å²) in [6.07, 6.45) is 0. The number of fused-ring (bicyclic) bond motifs is 1. The van der Waals surface area contributed by atoms with Crippen molar-refractivity contribution >= 4 is 22.5 Å². The SMILES string of the molecule is CC(C)n1nc(Cl)c2cccc(CN)c21. The molecule has 1 aromatic carbocycles. The van der Waals surface area contributed by atoms with Crippen molar-refractivity contribution in [2.75, 3.05) is 0 Å². The number of benzene rings is 1. The Morgan fingerprint density at radius 3 is 2.80 bits per heavy atom. The molecule has 80 valence electrons. The molecule has 0 saturated carbocycles. The molecule has 0 bridgehead atoms. The van der Waals surface area contributed by atoms with Crippen LogP contribution in [0.3, 0.4) is 0 Å². The van der Waals surface area contributed by atoms with Gasteiger partial charge in [-0.15, -0.1) is 0 Å². The molecule has 0 atom stereocenters. The third-order valence-corrected chi connectivity index (χ3v) is 2.75. The van der Waals surface area contributed by atoms with Crippen LogP contribution in [0.15, 0.2) is 18.2 Å². The Morgan fingerprint density at radius 2 is 2.20 bits per heavy atom. The number of hydrogen-bond acceptors (Lipinski definition) is 2. The average molecular weight is 224 g/mol. The molecule has 2 N–H and O–H groups in total. The second-order valence-corrected chi connectivity index (χ2v) is 4.20. The van der Waals surface area contributed by atoms with Crippen LogP contribution in [0, 0.1) is 0 Å². The Kier molecular flexibility index (Phi) is 2.67. The number of rotatable bonds is 2. The fourth-order valence-electron chi connectivity index (χ4n) is 1.77. The minimum atomic E-state index is 0.285. The quantitative estimate of drug-likeness (QED) is 0.851. The predicted octanol–water partition coefficient (Wildman–Crippen LogP) is 2.73. The van der Waals surface area contributed by atoms with E-state index >= 15 is 0 Å². The van der Waals surface area contributed by atoms with Crippen LogP contribution in [0.25, 0.3) is 10.9 Å². The van der Waals surface area contributed by atoms with E-state index in [0.29, 0.717) is 11.7 Å². The van der Waals surface area contributed by atoms with E-state index in [2.05, 4.69) is 18.9 Å². The highest BCUT2D eigenvalue weighted by atomic mass is 35.5. The predicted molar refractivity (Wildman–Crippen MR) is 63.0 cm³/mol. The average Bonchev–Trinajstić information content (AvgIpc) is 2.56. The molecule has 0 radical (unpaired) electrons. The summed E-state index contributed by atoms with van der Waals surface area (Å²) in [7, 11) is 0. The molecule has 0 amide bonds. The van der Waals surface area contributed by atoms with Gasteiger partial charge < -0.3 is 5.73 Å². The number of nitrogens with zero attached hydrogens (tertiary/aromatic N) is 2. The van der Waals surface area contributed by atoms with Gasteiger partial charge in [0.2, 0.25) is 0 Å². The maximum absolute atomic E-state index is 6.08. The first-order valence-corrected chi connectivity index (χ1v) is 5.38. The van der Waals surface area contributed by atoms with E-state index in [1.165, 1.54) is 0 Å². The van der Waals surface area contributed by atoms with E-state index in [1.807, 2.05) is 22.9 Å². The highest BCUT2D eigenvalue weighted by molar-refractivity contribution is 6.34. The minimum absolute atomic E-state index is 0.285.